The van der Waals surface area contributed by atoms with E-state index in [9.17, 15) is 23.2 Å². The molecule has 5 rings (SSSR count). The highest BCUT2D eigenvalue weighted by Gasteiger charge is 2.35. The van der Waals surface area contributed by atoms with E-state index in [-0.39, 0.29) is 46.3 Å². The predicted molar refractivity (Wildman–Crippen MR) is 153 cm³/mol. The summed E-state index contributed by atoms with van der Waals surface area (Å²) in [6.45, 7) is -0.0219. The van der Waals surface area contributed by atoms with Crippen LogP contribution in [-0.2, 0) is 9.84 Å². The first-order valence-electron chi connectivity index (χ1n) is 13.0. The number of hydrogen-bond acceptors (Lipinski definition) is 12. The first kappa shape index (κ1) is 29.9. The molecule has 5 aromatic rings. The van der Waals surface area contributed by atoms with E-state index in [2.05, 4.69) is 15.1 Å². The molecule has 0 aliphatic heterocycles. The van der Waals surface area contributed by atoms with Crippen molar-refractivity contribution in [3.8, 4) is 23.1 Å². The minimum absolute atomic E-state index is 0.0600. The molecule has 0 aliphatic rings. The largest absolute Gasteiger partial charge is 0.497 e. The molecule has 0 atom stereocenters. The number of anilines is 1. The van der Waals surface area contributed by atoms with Crippen LogP contribution in [0.5, 0.6) is 23.1 Å². The lowest BCUT2D eigenvalue weighted by atomic mass is 10.1. The highest BCUT2D eigenvalue weighted by Crippen LogP contribution is 2.32. The number of benzene rings is 3. The molecule has 0 spiro atoms. The van der Waals surface area contributed by atoms with Gasteiger partial charge in [0.25, 0.3) is 15.7 Å². The maximum atomic E-state index is 12.9. The van der Waals surface area contributed by atoms with Gasteiger partial charge in [-0.2, -0.15) is 0 Å². The molecule has 3 aromatic carbocycles. The second kappa shape index (κ2) is 12.7. The zero-order valence-corrected chi connectivity index (χ0v) is 24.2. The molecular formula is C29H25N3O11S. The average molecular weight is 624 g/mol. The first-order valence-corrected chi connectivity index (χ1v) is 14.5. The number of hydrogen-bond donors (Lipinski definition) is 1. The van der Waals surface area contributed by atoms with Crippen LogP contribution in [0, 0.1) is 5.21 Å². The summed E-state index contributed by atoms with van der Waals surface area (Å²) in [4.78, 5) is 25.1. The Morgan fingerprint density at radius 3 is 2.39 bits per heavy atom. The van der Waals surface area contributed by atoms with E-state index in [1.165, 1.54) is 50.6 Å². The van der Waals surface area contributed by atoms with Gasteiger partial charge in [-0.15, -0.1) is 0 Å². The second-order valence-corrected chi connectivity index (χ2v) is 10.9. The van der Waals surface area contributed by atoms with Crippen LogP contribution in [-0.4, -0.2) is 46.9 Å². The summed E-state index contributed by atoms with van der Waals surface area (Å²) in [7, 11) is -1.30. The summed E-state index contributed by atoms with van der Waals surface area (Å²) >= 11 is 0. The third kappa shape index (κ3) is 6.27. The standard InChI is InChI=1S/C29H25N3O11S/c1-38-20-11-9-19(10-12-20)30-26(33)22-15-18-16-24(39-2)25(17-23(18)42-29(22)34)40-13-6-14-41-27-28(32(35)43-31-27)44(36,37)21-7-4-3-5-8-21/h3-5,7-12,15-17H,6,13-14H2,1-2H3,(H,30,33). The van der Waals surface area contributed by atoms with Gasteiger partial charge in [0.15, 0.2) is 11.5 Å². The van der Waals surface area contributed by atoms with E-state index >= 15 is 0 Å². The van der Waals surface area contributed by atoms with Crippen molar-refractivity contribution in [2.45, 2.75) is 16.3 Å². The number of amides is 1. The Morgan fingerprint density at radius 2 is 1.68 bits per heavy atom. The lowest BCUT2D eigenvalue weighted by Gasteiger charge is -2.12. The van der Waals surface area contributed by atoms with Crippen molar-refractivity contribution in [3.63, 3.8) is 0 Å². The maximum Gasteiger partial charge on any atom is 0.414 e. The van der Waals surface area contributed by atoms with Gasteiger partial charge in [0.1, 0.15) is 16.9 Å². The number of carbonyl (C=O) groups is 1. The van der Waals surface area contributed by atoms with Crippen LogP contribution < -0.4 is 34.8 Å². The van der Waals surface area contributed by atoms with Gasteiger partial charge in [-0.3, -0.25) is 9.42 Å². The smallest absolute Gasteiger partial charge is 0.414 e. The average Bonchev–Trinajstić information content (AvgIpc) is 3.41. The van der Waals surface area contributed by atoms with Crippen molar-refractivity contribution in [2.24, 2.45) is 0 Å². The van der Waals surface area contributed by atoms with Crippen LogP contribution in [0.2, 0.25) is 0 Å². The predicted octanol–water partition coefficient (Wildman–Crippen LogP) is 3.36. The number of ether oxygens (including phenoxy) is 4. The lowest BCUT2D eigenvalue weighted by molar-refractivity contribution is -0.832. The SMILES string of the molecule is COc1ccc(NC(=O)c2cc3cc(OC)c(OCCCOc4no[n+]([O-])c4S(=O)(=O)c4ccccc4)cc3oc2=O)cc1. The van der Waals surface area contributed by atoms with Crippen molar-refractivity contribution in [1.29, 1.82) is 0 Å². The Hall–Kier alpha value is -5.57. The minimum Gasteiger partial charge on any atom is -0.497 e. The Labute approximate surface area is 249 Å². The van der Waals surface area contributed by atoms with Crippen LogP contribution in [0.3, 0.4) is 0 Å². The van der Waals surface area contributed by atoms with E-state index in [0.717, 1.165) is 0 Å². The molecule has 0 fully saturated rings. The molecule has 0 bridgehead atoms. The number of carbonyl (C=O) groups excluding carboxylic acids is 1. The number of fused-ring (bicyclic) bond motifs is 1. The normalized spacial score (nSPS) is 11.2. The zero-order chi connectivity index (χ0) is 31.3. The quantitative estimate of drug-likeness (QED) is 0.122. The highest BCUT2D eigenvalue weighted by molar-refractivity contribution is 7.91. The zero-order valence-electron chi connectivity index (χ0n) is 23.3. The van der Waals surface area contributed by atoms with Crippen molar-refractivity contribution < 1.29 is 46.1 Å². The summed E-state index contributed by atoms with van der Waals surface area (Å²) < 4.78 is 57.3. The molecule has 2 heterocycles. The Kier molecular flexibility index (Phi) is 8.66. The molecule has 2 aromatic heterocycles. The van der Waals surface area contributed by atoms with Crippen LogP contribution in [0.1, 0.15) is 16.8 Å². The fraction of sp³-hybridized carbons (Fsp3) is 0.172. The molecule has 44 heavy (non-hydrogen) atoms. The van der Waals surface area contributed by atoms with E-state index < -0.39 is 32.3 Å². The van der Waals surface area contributed by atoms with E-state index in [1.54, 1.807) is 36.4 Å². The van der Waals surface area contributed by atoms with Gasteiger partial charge in [-0.05, 0) is 53.4 Å². The number of sulfone groups is 1. The molecule has 1 amide bonds. The van der Waals surface area contributed by atoms with Gasteiger partial charge in [-0.25, -0.2) is 13.2 Å². The van der Waals surface area contributed by atoms with Crippen LogP contribution in [0.15, 0.2) is 96.6 Å². The van der Waals surface area contributed by atoms with E-state index in [4.69, 9.17) is 23.4 Å². The third-order valence-corrected chi connectivity index (χ3v) is 7.98. The summed E-state index contributed by atoms with van der Waals surface area (Å²) in [5.74, 6) is 0.0140. The molecule has 0 aliphatic carbocycles. The summed E-state index contributed by atoms with van der Waals surface area (Å²) in [6.07, 6.45) is 0.228. The molecule has 0 radical (unpaired) electrons. The van der Waals surface area contributed by atoms with Crippen LogP contribution in [0.25, 0.3) is 11.0 Å². The number of methoxy groups -OCH3 is 2. The van der Waals surface area contributed by atoms with E-state index in [0.29, 0.717) is 22.6 Å². The second-order valence-electron chi connectivity index (χ2n) is 9.08. The highest BCUT2D eigenvalue weighted by atomic mass is 32.2. The number of rotatable bonds is 12. The fourth-order valence-corrected chi connectivity index (χ4v) is 5.38. The van der Waals surface area contributed by atoms with Crippen molar-refractivity contribution >= 4 is 32.4 Å². The number of nitrogens with zero attached hydrogens (tertiary/aromatic N) is 2. The van der Waals surface area contributed by atoms with Gasteiger partial charge in [-0.1, -0.05) is 18.2 Å². The molecule has 0 saturated heterocycles. The fourth-order valence-electron chi connectivity index (χ4n) is 4.08. The summed E-state index contributed by atoms with van der Waals surface area (Å²) in [5, 5.41) is 17.7. The monoisotopic (exact) mass is 623 g/mol. The summed E-state index contributed by atoms with van der Waals surface area (Å²) in [6, 6.07) is 18.3. The van der Waals surface area contributed by atoms with Gasteiger partial charge >= 0.3 is 16.5 Å². The van der Waals surface area contributed by atoms with Crippen molar-refractivity contribution in [3.05, 3.63) is 94.0 Å². The van der Waals surface area contributed by atoms with Gasteiger partial charge in [0.2, 0.25) is 0 Å². The van der Waals surface area contributed by atoms with Gasteiger partial charge < -0.3 is 33.9 Å². The minimum atomic E-state index is -4.25. The molecule has 15 heteroatoms. The van der Waals surface area contributed by atoms with Crippen LogP contribution >= 0.6 is 0 Å². The van der Waals surface area contributed by atoms with E-state index in [1.807, 2.05) is 0 Å². The molecule has 1 N–H and O–H groups in total. The molecule has 0 saturated carbocycles. The van der Waals surface area contributed by atoms with Crippen molar-refractivity contribution in [2.75, 3.05) is 32.8 Å². The Bertz CT molecular complexity index is 1960. The number of aromatic nitrogens is 2. The topological polar surface area (TPSA) is 183 Å². The molecular weight excluding hydrogens is 598 g/mol. The molecule has 0 unspecified atom stereocenters. The Balaban J connectivity index is 1.24. The van der Waals surface area contributed by atoms with Gasteiger partial charge in [0.05, 0.1) is 37.5 Å². The Morgan fingerprint density at radius 1 is 0.955 bits per heavy atom. The first-order chi connectivity index (χ1) is 21.2. The summed E-state index contributed by atoms with van der Waals surface area (Å²) in [5.41, 5.74) is -0.438. The molecule has 228 valence electrons. The lowest BCUT2D eigenvalue weighted by Crippen LogP contribution is -2.31. The maximum absolute atomic E-state index is 12.9. The number of nitrogens with one attached hydrogen (secondary N) is 1. The molecule has 14 nitrogen and oxygen atoms in total. The van der Waals surface area contributed by atoms with Crippen molar-refractivity contribution in [1.82, 2.24) is 5.16 Å². The third-order valence-electron chi connectivity index (χ3n) is 6.25. The van der Waals surface area contributed by atoms with Crippen LogP contribution in [0.4, 0.5) is 5.69 Å². The van der Waals surface area contributed by atoms with Gasteiger partial charge in [0, 0.05) is 23.6 Å².